The number of methoxy groups -OCH3 is 1. The maximum absolute atomic E-state index is 11.7. The summed E-state index contributed by atoms with van der Waals surface area (Å²) in [5, 5.41) is 2.73. The molecule has 0 aromatic heterocycles. The van der Waals surface area contributed by atoms with Crippen LogP contribution in [0.2, 0.25) is 0 Å². The Bertz CT molecular complexity index is 217. The minimum atomic E-state index is -0.855. The van der Waals surface area contributed by atoms with E-state index in [1.54, 1.807) is 7.11 Å². The van der Waals surface area contributed by atoms with Crippen molar-refractivity contribution < 1.29 is 19.0 Å². The number of amides is 1. The van der Waals surface area contributed by atoms with Gasteiger partial charge in [-0.15, -0.1) is 0 Å². The van der Waals surface area contributed by atoms with Gasteiger partial charge in [-0.3, -0.25) is 4.79 Å². The van der Waals surface area contributed by atoms with Gasteiger partial charge in [-0.05, 0) is 6.42 Å². The van der Waals surface area contributed by atoms with E-state index in [2.05, 4.69) is 5.32 Å². The van der Waals surface area contributed by atoms with Crippen LogP contribution < -0.4 is 11.1 Å². The third kappa shape index (κ3) is 4.05. The number of carbonyl (C=O) groups is 1. The van der Waals surface area contributed by atoms with Crippen molar-refractivity contribution in [3.05, 3.63) is 0 Å². The highest BCUT2D eigenvalue weighted by molar-refractivity contribution is 5.86. The molecule has 94 valence electrons. The van der Waals surface area contributed by atoms with Crippen LogP contribution in [0.1, 0.15) is 6.42 Å². The number of nitrogens with two attached hydrogens (primary N) is 1. The van der Waals surface area contributed by atoms with E-state index in [-0.39, 0.29) is 5.91 Å². The second kappa shape index (κ2) is 6.80. The van der Waals surface area contributed by atoms with Crippen molar-refractivity contribution in [2.24, 2.45) is 5.73 Å². The minimum Gasteiger partial charge on any atom is -0.382 e. The van der Waals surface area contributed by atoms with E-state index in [1.165, 1.54) is 0 Å². The lowest BCUT2D eigenvalue weighted by atomic mass is 9.99. The molecule has 6 nitrogen and oxygen atoms in total. The Balaban J connectivity index is 2.06. The largest absolute Gasteiger partial charge is 0.382 e. The molecule has 1 fully saturated rings. The van der Waals surface area contributed by atoms with Crippen molar-refractivity contribution in [3.63, 3.8) is 0 Å². The predicted octanol–water partition coefficient (Wildman–Crippen LogP) is -1.12. The van der Waals surface area contributed by atoms with Crippen molar-refractivity contribution in [1.29, 1.82) is 0 Å². The standard InChI is InChI=1S/C10H20N2O4/c1-14-6-7-15-5-3-12-9(13)10(11)2-4-16-8-10/h2-8,11H2,1H3,(H,12,13). The zero-order valence-corrected chi connectivity index (χ0v) is 9.66. The number of rotatable bonds is 7. The van der Waals surface area contributed by atoms with Crippen LogP contribution in [-0.4, -0.2) is 58.1 Å². The van der Waals surface area contributed by atoms with E-state index < -0.39 is 5.54 Å². The number of nitrogens with one attached hydrogen (secondary N) is 1. The number of hydrogen-bond acceptors (Lipinski definition) is 5. The van der Waals surface area contributed by atoms with Crippen LogP contribution >= 0.6 is 0 Å². The van der Waals surface area contributed by atoms with Gasteiger partial charge in [-0.25, -0.2) is 0 Å². The van der Waals surface area contributed by atoms with Crippen molar-refractivity contribution in [3.8, 4) is 0 Å². The lowest BCUT2D eigenvalue weighted by Crippen LogP contribution is -2.55. The molecular formula is C10H20N2O4. The molecular weight excluding hydrogens is 212 g/mol. The van der Waals surface area contributed by atoms with Crippen LogP contribution in [0.3, 0.4) is 0 Å². The Hall–Kier alpha value is -0.690. The van der Waals surface area contributed by atoms with E-state index in [9.17, 15) is 4.79 Å². The molecule has 1 unspecified atom stereocenters. The zero-order chi connectivity index (χ0) is 11.9. The normalized spacial score (nSPS) is 24.6. The second-order valence-corrected chi connectivity index (χ2v) is 3.82. The molecule has 1 saturated heterocycles. The van der Waals surface area contributed by atoms with Gasteiger partial charge in [0.05, 0.1) is 26.4 Å². The fourth-order valence-electron chi connectivity index (χ4n) is 1.42. The maximum atomic E-state index is 11.7. The molecule has 0 saturated carbocycles. The summed E-state index contributed by atoms with van der Waals surface area (Å²) in [5.41, 5.74) is 5.01. The number of hydrogen-bond donors (Lipinski definition) is 2. The first-order valence-electron chi connectivity index (χ1n) is 5.41. The smallest absolute Gasteiger partial charge is 0.242 e. The fraction of sp³-hybridized carbons (Fsp3) is 0.900. The van der Waals surface area contributed by atoms with Crippen LogP contribution in [0, 0.1) is 0 Å². The molecule has 0 bridgehead atoms. The summed E-state index contributed by atoms with van der Waals surface area (Å²) >= 11 is 0. The lowest BCUT2D eigenvalue weighted by molar-refractivity contribution is -0.126. The van der Waals surface area contributed by atoms with Gasteiger partial charge in [0, 0.05) is 20.3 Å². The summed E-state index contributed by atoms with van der Waals surface area (Å²) in [6.07, 6.45) is 0.573. The van der Waals surface area contributed by atoms with Crippen molar-refractivity contribution in [1.82, 2.24) is 5.32 Å². The van der Waals surface area contributed by atoms with Crippen LogP contribution in [-0.2, 0) is 19.0 Å². The van der Waals surface area contributed by atoms with E-state index in [0.29, 0.717) is 46.0 Å². The van der Waals surface area contributed by atoms with E-state index in [0.717, 1.165) is 0 Å². The molecule has 3 N–H and O–H groups in total. The van der Waals surface area contributed by atoms with Crippen LogP contribution in [0.15, 0.2) is 0 Å². The molecule has 0 aliphatic carbocycles. The Kier molecular flexibility index (Phi) is 5.68. The molecule has 0 radical (unpaired) electrons. The Labute approximate surface area is 95.4 Å². The van der Waals surface area contributed by atoms with Crippen molar-refractivity contribution >= 4 is 5.91 Å². The van der Waals surface area contributed by atoms with Gasteiger partial charge in [-0.1, -0.05) is 0 Å². The predicted molar refractivity (Wildman–Crippen MR) is 58.1 cm³/mol. The Morgan fingerprint density at radius 2 is 2.31 bits per heavy atom. The van der Waals surface area contributed by atoms with E-state index in [1.807, 2.05) is 0 Å². The first-order chi connectivity index (χ1) is 7.69. The van der Waals surface area contributed by atoms with Crippen LogP contribution in [0.4, 0.5) is 0 Å². The van der Waals surface area contributed by atoms with Gasteiger partial charge >= 0.3 is 0 Å². The Morgan fingerprint density at radius 1 is 1.50 bits per heavy atom. The zero-order valence-electron chi connectivity index (χ0n) is 9.66. The van der Waals surface area contributed by atoms with Gasteiger partial charge in [0.2, 0.25) is 5.91 Å². The summed E-state index contributed by atoms with van der Waals surface area (Å²) in [5.74, 6) is -0.166. The lowest BCUT2D eigenvalue weighted by Gasteiger charge is -2.20. The molecule has 1 rings (SSSR count). The average molecular weight is 232 g/mol. The van der Waals surface area contributed by atoms with E-state index in [4.69, 9.17) is 19.9 Å². The van der Waals surface area contributed by atoms with Crippen LogP contribution in [0.5, 0.6) is 0 Å². The van der Waals surface area contributed by atoms with Gasteiger partial charge in [0.15, 0.2) is 0 Å². The summed E-state index contributed by atoms with van der Waals surface area (Å²) < 4.78 is 15.1. The van der Waals surface area contributed by atoms with Crippen molar-refractivity contribution in [2.45, 2.75) is 12.0 Å². The highest BCUT2D eigenvalue weighted by atomic mass is 16.5. The molecule has 6 heteroatoms. The molecule has 1 atom stereocenters. The van der Waals surface area contributed by atoms with Gasteiger partial charge in [-0.2, -0.15) is 0 Å². The maximum Gasteiger partial charge on any atom is 0.242 e. The van der Waals surface area contributed by atoms with Gasteiger partial charge < -0.3 is 25.3 Å². The average Bonchev–Trinajstić information content (AvgIpc) is 2.71. The minimum absolute atomic E-state index is 0.166. The molecule has 0 aromatic rings. The Morgan fingerprint density at radius 3 is 2.94 bits per heavy atom. The molecule has 1 heterocycles. The highest BCUT2D eigenvalue weighted by Gasteiger charge is 2.37. The molecule has 1 aliphatic heterocycles. The molecule has 0 aromatic carbocycles. The quantitative estimate of drug-likeness (QED) is 0.543. The SMILES string of the molecule is COCCOCCNC(=O)C1(N)CCOC1. The molecule has 0 spiro atoms. The summed E-state index contributed by atoms with van der Waals surface area (Å²) in [7, 11) is 1.61. The molecule has 1 amide bonds. The first kappa shape index (κ1) is 13.4. The second-order valence-electron chi connectivity index (χ2n) is 3.82. The van der Waals surface area contributed by atoms with Crippen molar-refractivity contribution in [2.75, 3.05) is 46.7 Å². The van der Waals surface area contributed by atoms with E-state index >= 15 is 0 Å². The highest BCUT2D eigenvalue weighted by Crippen LogP contribution is 2.14. The summed E-state index contributed by atoms with van der Waals surface area (Å²) in [6.45, 7) is 2.86. The summed E-state index contributed by atoms with van der Waals surface area (Å²) in [6, 6.07) is 0. The molecule has 1 aliphatic rings. The fourth-order valence-corrected chi connectivity index (χ4v) is 1.42. The number of ether oxygens (including phenoxy) is 3. The number of carbonyl (C=O) groups excluding carboxylic acids is 1. The van der Waals surface area contributed by atoms with Gasteiger partial charge in [0.1, 0.15) is 5.54 Å². The third-order valence-electron chi connectivity index (χ3n) is 2.47. The summed E-state index contributed by atoms with van der Waals surface area (Å²) in [4.78, 5) is 11.7. The van der Waals surface area contributed by atoms with Gasteiger partial charge in [0.25, 0.3) is 0 Å². The monoisotopic (exact) mass is 232 g/mol. The van der Waals surface area contributed by atoms with Crippen LogP contribution in [0.25, 0.3) is 0 Å². The topological polar surface area (TPSA) is 82.8 Å². The first-order valence-corrected chi connectivity index (χ1v) is 5.41. The third-order valence-corrected chi connectivity index (χ3v) is 2.47. The molecule has 16 heavy (non-hydrogen) atoms.